The van der Waals surface area contributed by atoms with Crippen molar-refractivity contribution in [3.8, 4) is 11.5 Å². The maximum absolute atomic E-state index is 11.3. The van der Waals surface area contributed by atoms with E-state index < -0.39 is 0 Å². The van der Waals surface area contributed by atoms with Crippen LogP contribution in [0, 0.1) is 5.92 Å². The van der Waals surface area contributed by atoms with Crippen molar-refractivity contribution < 1.29 is 9.84 Å². The SMILES string of the molecule is CCCCCCC(C)(C)c1cc(O)c2c(c1)OC(C)(C)[C@H]1CC=C(CN3CCN=C3SC)CC21. The molecular formula is C29H44N2O2S. The molecule has 0 spiro atoms. The molecule has 1 unspecified atom stereocenters. The normalized spacial score (nSPS) is 23.6. The number of aromatic hydroxyl groups is 1. The summed E-state index contributed by atoms with van der Waals surface area (Å²) in [7, 11) is 0. The molecule has 5 heteroatoms. The van der Waals surface area contributed by atoms with Crippen LogP contribution in [0.2, 0.25) is 0 Å². The van der Waals surface area contributed by atoms with Gasteiger partial charge in [-0.3, -0.25) is 4.99 Å². The molecule has 0 radical (unpaired) electrons. The second-order valence-corrected chi connectivity index (χ2v) is 12.4. The summed E-state index contributed by atoms with van der Waals surface area (Å²) >= 11 is 1.74. The first-order valence-electron chi connectivity index (χ1n) is 13.2. The first-order valence-corrected chi connectivity index (χ1v) is 14.5. The van der Waals surface area contributed by atoms with Crippen molar-refractivity contribution in [2.24, 2.45) is 10.9 Å². The topological polar surface area (TPSA) is 45.1 Å². The highest BCUT2D eigenvalue weighted by molar-refractivity contribution is 8.13. The fourth-order valence-corrected chi connectivity index (χ4v) is 6.81. The van der Waals surface area contributed by atoms with Crippen LogP contribution in [0.15, 0.2) is 28.8 Å². The monoisotopic (exact) mass is 484 g/mol. The summed E-state index contributed by atoms with van der Waals surface area (Å²) in [5.41, 5.74) is 3.45. The van der Waals surface area contributed by atoms with Crippen LogP contribution in [-0.2, 0) is 5.41 Å². The maximum Gasteiger partial charge on any atom is 0.159 e. The zero-order valence-electron chi connectivity index (χ0n) is 22.1. The van der Waals surface area contributed by atoms with Gasteiger partial charge in [0.05, 0.1) is 6.54 Å². The third-order valence-electron chi connectivity index (χ3n) is 8.29. The van der Waals surface area contributed by atoms with Gasteiger partial charge in [0.15, 0.2) is 5.17 Å². The fourth-order valence-electron chi connectivity index (χ4n) is 6.17. The zero-order valence-corrected chi connectivity index (χ0v) is 22.9. The summed E-state index contributed by atoms with van der Waals surface area (Å²) in [6.07, 6.45) is 12.7. The smallest absolute Gasteiger partial charge is 0.159 e. The average Bonchev–Trinajstić information content (AvgIpc) is 3.23. The number of ether oxygens (including phenoxy) is 1. The van der Waals surface area contributed by atoms with Gasteiger partial charge in [0.25, 0.3) is 0 Å². The third kappa shape index (κ3) is 5.15. The Balaban J connectivity index is 1.58. The largest absolute Gasteiger partial charge is 0.508 e. The molecule has 0 amide bonds. The molecule has 1 aliphatic carbocycles. The summed E-state index contributed by atoms with van der Waals surface area (Å²) in [6, 6.07) is 4.28. The minimum absolute atomic E-state index is 0.0194. The maximum atomic E-state index is 11.3. The molecule has 0 bridgehead atoms. The van der Waals surface area contributed by atoms with Crippen molar-refractivity contribution in [1.29, 1.82) is 0 Å². The van der Waals surface area contributed by atoms with Gasteiger partial charge in [0.2, 0.25) is 0 Å². The second-order valence-electron chi connectivity index (χ2n) is 11.6. The lowest BCUT2D eigenvalue weighted by Crippen LogP contribution is -2.46. The molecule has 4 rings (SSSR count). The van der Waals surface area contributed by atoms with E-state index >= 15 is 0 Å². The van der Waals surface area contributed by atoms with Crippen molar-refractivity contribution in [1.82, 2.24) is 4.90 Å². The Morgan fingerprint density at radius 2 is 2.03 bits per heavy atom. The number of hydrogen-bond acceptors (Lipinski definition) is 5. The molecule has 2 atom stereocenters. The number of amidine groups is 1. The molecule has 4 nitrogen and oxygen atoms in total. The Morgan fingerprint density at radius 1 is 1.24 bits per heavy atom. The first-order chi connectivity index (χ1) is 16.2. The minimum Gasteiger partial charge on any atom is -0.508 e. The van der Waals surface area contributed by atoms with Crippen molar-refractivity contribution in [3.63, 3.8) is 0 Å². The highest BCUT2D eigenvalue weighted by Gasteiger charge is 2.46. The number of thioether (sulfide) groups is 1. The number of nitrogens with zero attached hydrogens (tertiary/aromatic N) is 2. The Hall–Kier alpha value is -1.62. The highest BCUT2D eigenvalue weighted by Crippen LogP contribution is 2.55. The van der Waals surface area contributed by atoms with Crippen LogP contribution in [0.1, 0.15) is 96.6 Å². The Bertz CT molecular complexity index is 950. The van der Waals surface area contributed by atoms with E-state index in [1.807, 2.05) is 6.07 Å². The van der Waals surface area contributed by atoms with E-state index in [2.05, 4.69) is 62.9 Å². The van der Waals surface area contributed by atoms with Crippen molar-refractivity contribution in [2.75, 3.05) is 25.9 Å². The molecule has 188 valence electrons. The van der Waals surface area contributed by atoms with Gasteiger partial charge in [-0.2, -0.15) is 0 Å². The number of hydrogen-bond donors (Lipinski definition) is 1. The zero-order chi connectivity index (χ0) is 24.5. The van der Waals surface area contributed by atoms with Crippen LogP contribution in [0.25, 0.3) is 0 Å². The quantitative estimate of drug-likeness (QED) is 0.311. The lowest BCUT2D eigenvalue weighted by molar-refractivity contribution is 0.00707. The lowest BCUT2D eigenvalue weighted by atomic mass is 9.66. The minimum atomic E-state index is -0.254. The number of benzene rings is 1. The predicted octanol–water partition coefficient (Wildman–Crippen LogP) is 7.27. The van der Waals surface area contributed by atoms with Gasteiger partial charge in [0, 0.05) is 30.5 Å². The van der Waals surface area contributed by atoms with Gasteiger partial charge in [-0.15, -0.1) is 0 Å². The van der Waals surface area contributed by atoms with Crippen LogP contribution in [0.5, 0.6) is 11.5 Å². The molecule has 2 heterocycles. The molecule has 1 N–H and O–H groups in total. The highest BCUT2D eigenvalue weighted by atomic mass is 32.2. The summed E-state index contributed by atoms with van der Waals surface area (Å²) in [5.74, 6) is 1.98. The number of phenols is 1. The molecule has 0 saturated heterocycles. The average molecular weight is 485 g/mol. The van der Waals surface area contributed by atoms with Crippen molar-refractivity contribution >= 4 is 16.9 Å². The van der Waals surface area contributed by atoms with Gasteiger partial charge in [-0.05, 0) is 62.5 Å². The van der Waals surface area contributed by atoms with E-state index in [4.69, 9.17) is 4.74 Å². The molecule has 0 aromatic heterocycles. The van der Waals surface area contributed by atoms with Crippen LogP contribution < -0.4 is 4.74 Å². The first kappa shape index (κ1) is 25.5. The number of allylic oxidation sites excluding steroid dienone is 1. The van der Waals surface area contributed by atoms with Gasteiger partial charge < -0.3 is 14.7 Å². The number of phenolic OH excluding ortho intramolecular Hbond substituents is 1. The number of aliphatic imine (C=N–C) groups is 1. The van der Waals surface area contributed by atoms with Gasteiger partial charge in [-0.25, -0.2) is 0 Å². The van der Waals surface area contributed by atoms with Gasteiger partial charge in [0.1, 0.15) is 17.1 Å². The summed E-state index contributed by atoms with van der Waals surface area (Å²) in [5, 5.41) is 12.5. The molecule has 3 aliphatic rings. The van der Waals surface area contributed by atoms with Crippen LogP contribution in [0.3, 0.4) is 0 Å². The molecule has 34 heavy (non-hydrogen) atoms. The summed E-state index contributed by atoms with van der Waals surface area (Å²) in [4.78, 5) is 7.05. The second kappa shape index (κ2) is 10.2. The van der Waals surface area contributed by atoms with Crippen LogP contribution >= 0.6 is 11.8 Å². The molecule has 1 aromatic rings. The Kier molecular flexibility index (Phi) is 7.61. The van der Waals surface area contributed by atoms with E-state index in [1.54, 1.807) is 11.8 Å². The molecule has 0 saturated carbocycles. The molecule has 2 aliphatic heterocycles. The van der Waals surface area contributed by atoms with E-state index in [0.29, 0.717) is 11.7 Å². The fraction of sp³-hybridized carbons (Fsp3) is 0.690. The number of unbranched alkanes of at least 4 members (excludes halogenated alkanes) is 3. The molecule has 1 aromatic carbocycles. The van der Waals surface area contributed by atoms with E-state index in [-0.39, 0.29) is 16.9 Å². The number of rotatable bonds is 8. The third-order valence-corrected chi connectivity index (χ3v) is 9.04. The number of fused-ring (bicyclic) bond motifs is 3. The van der Waals surface area contributed by atoms with Crippen LogP contribution in [-0.4, -0.2) is 46.7 Å². The van der Waals surface area contributed by atoms with Gasteiger partial charge in [-0.1, -0.05) is 69.9 Å². The summed E-state index contributed by atoms with van der Waals surface area (Å²) in [6.45, 7) is 14.2. The van der Waals surface area contributed by atoms with Crippen molar-refractivity contribution in [3.05, 3.63) is 34.9 Å². The van der Waals surface area contributed by atoms with Gasteiger partial charge >= 0.3 is 0 Å². The van der Waals surface area contributed by atoms with Crippen LogP contribution in [0.4, 0.5) is 0 Å². The lowest BCUT2D eigenvalue weighted by Gasteiger charge is -2.47. The Morgan fingerprint density at radius 3 is 2.76 bits per heavy atom. The predicted molar refractivity (Wildman–Crippen MR) is 146 cm³/mol. The van der Waals surface area contributed by atoms with E-state index in [9.17, 15) is 5.11 Å². The van der Waals surface area contributed by atoms with E-state index in [0.717, 1.165) is 55.4 Å². The van der Waals surface area contributed by atoms with E-state index in [1.165, 1.54) is 36.8 Å². The van der Waals surface area contributed by atoms with Crippen molar-refractivity contribution in [2.45, 2.75) is 96.5 Å². The standard InChI is InChI=1S/C29H44N2O2S/c1-7-8-9-10-13-28(2,3)21-17-24(32)26-22-16-20(19-31-15-14-30-27(31)34-6)11-12-23(22)29(4,5)33-25(26)18-21/h11,17-18,22-23,32H,7-10,12-16,19H2,1-6H3/t22?,23-/m0/s1. The molecule has 0 fully saturated rings. The molecular weight excluding hydrogens is 440 g/mol. The Labute approximate surface area is 211 Å². The summed E-state index contributed by atoms with van der Waals surface area (Å²) < 4.78 is 6.63.